The predicted octanol–water partition coefficient (Wildman–Crippen LogP) is 1.75. The minimum Gasteiger partial charge on any atom is -0.464 e. The highest BCUT2D eigenvalue weighted by Crippen LogP contribution is 2.19. The van der Waals surface area contributed by atoms with Crippen LogP contribution in [0.1, 0.15) is 18.9 Å². The van der Waals surface area contributed by atoms with Gasteiger partial charge in [0.25, 0.3) is 0 Å². The van der Waals surface area contributed by atoms with Crippen molar-refractivity contribution in [3.05, 3.63) is 35.9 Å². The Morgan fingerprint density at radius 2 is 1.83 bits per heavy atom. The van der Waals surface area contributed by atoms with E-state index in [0.717, 1.165) is 5.56 Å². The monoisotopic (exact) mass is 326 g/mol. The second-order valence-electron chi connectivity index (χ2n) is 5.03. The molecule has 0 saturated carbocycles. The molecule has 0 bridgehead atoms. The van der Waals surface area contributed by atoms with Crippen LogP contribution in [0.25, 0.3) is 0 Å². The highest BCUT2D eigenvalue weighted by atomic mass is 16.7. The van der Waals surface area contributed by atoms with E-state index in [4.69, 9.17) is 18.9 Å². The van der Waals surface area contributed by atoms with E-state index < -0.39 is 24.3 Å². The van der Waals surface area contributed by atoms with Gasteiger partial charge in [0, 0.05) is 26.7 Å². The first kappa shape index (κ1) is 19.6. The van der Waals surface area contributed by atoms with Crippen LogP contribution < -0.4 is 0 Å². The summed E-state index contributed by atoms with van der Waals surface area (Å²) >= 11 is 0. The maximum absolute atomic E-state index is 11.8. The molecule has 0 saturated heterocycles. The molecule has 0 fully saturated rings. The van der Waals surface area contributed by atoms with Crippen molar-refractivity contribution in [1.82, 2.24) is 0 Å². The third-order valence-electron chi connectivity index (χ3n) is 3.45. The Balaban J connectivity index is 2.53. The number of carbonyl (C=O) groups is 1. The zero-order valence-corrected chi connectivity index (χ0v) is 13.9. The Hall–Kier alpha value is -1.47. The lowest BCUT2D eigenvalue weighted by Gasteiger charge is -2.27. The molecule has 2 atom stereocenters. The molecular weight excluding hydrogens is 300 g/mol. The number of carbonyl (C=O) groups excluding carboxylic acids is 1. The summed E-state index contributed by atoms with van der Waals surface area (Å²) in [4.78, 5) is 11.8. The first-order valence-electron chi connectivity index (χ1n) is 7.66. The van der Waals surface area contributed by atoms with E-state index in [1.807, 2.05) is 30.3 Å². The molecule has 130 valence electrons. The van der Waals surface area contributed by atoms with Gasteiger partial charge in [0.1, 0.15) is 0 Å². The van der Waals surface area contributed by atoms with E-state index in [-0.39, 0.29) is 6.61 Å². The number of hydrogen-bond donors (Lipinski definition) is 1. The van der Waals surface area contributed by atoms with Crippen molar-refractivity contribution < 1.29 is 28.8 Å². The number of rotatable bonds is 11. The molecule has 1 N–H and O–H groups in total. The third-order valence-corrected chi connectivity index (χ3v) is 3.45. The van der Waals surface area contributed by atoms with Gasteiger partial charge in [-0.25, -0.2) is 4.79 Å². The maximum Gasteiger partial charge on any atom is 0.335 e. The zero-order valence-electron chi connectivity index (χ0n) is 13.9. The van der Waals surface area contributed by atoms with E-state index in [1.165, 1.54) is 14.2 Å². The van der Waals surface area contributed by atoms with Crippen LogP contribution in [0.5, 0.6) is 0 Å². The van der Waals surface area contributed by atoms with Gasteiger partial charge < -0.3 is 24.1 Å². The van der Waals surface area contributed by atoms with Gasteiger partial charge in [-0.2, -0.15) is 0 Å². The Kier molecular flexibility index (Phi) is 9.47. The molecule has 0 aliphatic rings. The van der Waals surface area contributed by atoms with Crippen LogP contribution in [-0.2, 0) is 30.3 Å². The van der Waals surface area contributed by atoms with Gasteiger partial charge in [-0.05, 0) is 18.9 Å². The fourth-order valence-electron chi connectivity index (χ4n) is 2.27. The molecule has 0 amide bonds. The van der Waals surface area contributed by atoms with Crippen LogP contribution in [0.3, 0.4) is 0 Å². The summed E-state index contributed by atoms with van der Waals surface area (Å²) in [7, 11) is 2.92. The maximum atomic E-state index is 11.8. The van der Waals surface area contributed by atoms with E-state index >= 15 is 0 Å². The molecule has 1 aromatic rings. The molecule has 0 radical (unpaired) electrons. The van der Waals surface area contributed by atoms with Gasteiger partial charge in [-0.1, -0.05) is 30.3 Å². The Bertz CT molecular complexity index is 432. The quantitative estimate of drug-likeness (QED) is 0.379. The lowest BCUT2D eigenvalue weighted by Crippen LogP contribution is -2.41. The number of ether oxygens (including phenoxy) is 4. The summed E-state index contributed by atoms with van der Waals surface area (Å²) in [5, 5.41) is 10.2. The molecule has 23 heavy (non-hydrogen) atoms. The van der Waals surface area contributed by atoms with Crippen molar-refractivity contribution in [2.45, 2.75) is 32.3 Å². The lowest BCUT2D eigenvalue weighted by molar-refractivity contribution is -0.185. The average Bonchev–Trinajstić information content (AvgIpc) is 2.58. The van der Waals surface area contributed by atoms with Crippen molar-refractivity contribution in [3.63, 3.8) is 0 Å². The van der Waals surface area contributed by atoms with Gasteiger partial charge in [0.2, 0.25) is 0 Å². The van der Waals surface area contributed by atoms with Gasteiger partial charge in [-0.15, -0.1) is 0 Å². The Morgan fingerprint density at radius 3 is 2.39 bits per heavy atom. The predicted molar refractivity (Wildman–Crippen MR) is 84.7 cm³/mol. The third kappa shape index (κ3) is 6.66. The smallest absolute Gasteiger partial charge is 0.335 e. The summed E-state index contributed by atoms with van der Waals surface area (Å²) in [5.74, 6) is -1.25. The van der Waals surface area contributed by atoms with Crippen LogP contribution >= 0.6 is 0 Å². The number of aliphatic hydroxyl groups excluding tert-OH is 1. The van der Waals surface area contributed by atoms with E-state index in [0.29, 0.717) is 19.6 Å². The fraction of sp³-hybridized carbons (Fsp3) is 0.588. The van der Waals surface area contributed by atoms with Crippen LogP contribution in [0.4, 0.5) is 0 Å². The number of methoxy groups -OCH3 is 2. The number of benzene rings is 1. The molecular formula is C17H26O6. The highest BCUT2D eigenvalue weighted by molar-refractivity contribution is 5.74. The first-order chi connectivity index (χ1) is 11.1. The van der Waals surface area contributed by atoms with Crippen LogP contribution in [-0.4, -0.2) is 50.9 Å². The molecule has 1 rings (SSSR count). The van der Waals surface area contributed by atoms with Gasteiger partial charge in [0.05, 0.1) is 13.2 Å². The Morgan fingerprint density at radius 1 is 1.17 bits per heavy atom. The molecule has 1 aromatic carbocycles. The zero-order chi connectivity index (χ0) is 17.1. The van der Waals surface area contributed by atoms with Gasteiger partial charge >= 0.3 is 5.97 Å². The molecule has 6 heteroatoms. The van der Waals surface area contributed by atoms with Crippen LogP contribution in [0.2, 0.25) is 0 Å². The molecule has 0 aliphatic heterocycles. The Labute approximate surface area is 137 Å². The van der Waals surface area contributed by atoms with Crippen molar-refractivity contribution in [2.75, 3.05) is 27.4 Å². The van der Waals surface area contributed by atoms with Crippen molar-refractivity contribution in [3.8, 4) is 0 Å². The number of aliphatic hydroxyl groups is 1. The minimum absolute atomic E-state index is 0.206. The summed E-state index contributed by atoms with van der Waals surface area (Å²) in [6, 6.07) is 9.77. The number of hydrogen-bond acceptors (Lipinski definition) is 6. The summed E-state index contributed by atoms with van der Waals surface area (Å²) in [5.41, 5.74) is 1.06. The highest BCUT2D eigenvalue weighted by Gasteiger charge is 2.34. The first-order valence-corrected chi connectivity index (χ1v) is 7.66. The standard InChI is InChI=1S/C17H26O6/c1-4-23-16(19)15(18)14(17(20-2)21-3)10-11-22-12-13-8-6-5-7-9-13/h5-9,14-15,17-18H,4,10-12H2,1-3H3/t14-,15+/m0/s1. The van der Waals surface area contributed by atoms with E-state index in [1.54, 1.807) is 6.92 Å². The van der Waals surface area contributed by atoms with E-state index in [2.05, 4.69) is 0 Å². The molecule has 0 heterocycles. The molecule has 0 unspecified atom stereocenters. The summed E-state index contributed by atoms with van der Waals surface area (Å²) in [6.07, 6.45) is -1.63. The van der Waals surface area contributed by atoms with E-state index in [9.17, 15) is 9.90 Å². The van der Waals surface area contributed by atoms with Crippen LogP contribution in [0.15, 0.2) is 30.3 Å². The molecule has 0 spiro atoms. The SMILES string of the molecule is CCOC(=O)[C@H](O)[C@H](CCOCc1ccccc1)C(OC)OC. The second-order valence-corrected chi connectivity index (χ2v) is 5.03. The lowest BCUT2D eigenvalue weighted by atomic mass is 9.98. The average molecular weight is 326 g/mol. The van der Waals surface area contributed by atoms with Crippen molar-refractivity contribution >= 4 is 5.97 Å². The van der Waals surface area contributed by atoms with Crippen LogP contribution in [0, 0.1) is 5.92 Å². The minimum atomic E-state index is -1.32. The van der Waals surface area contributed by atoms with Crippen molar-refractivity contribution in [1.29, 1.82) is 0 Å². The summed E-state index contributed by atoms with van der Waals surface area (Å²) in [6.45, 7) is 2.72. The molecule has 0 aromatic heterocycles. The molecule has 0 aliphatic carbocycles. The van der Waals surface area contributed by atoms with Crippen molar-refractivity contribution in [2.24, 2.45) is 5.92 Å². The van der Waals surface area contributed by atoms with Gasteiger partial charge in [0.15, 0.2) is 12.4 Å². The topological polar surface area (TPSA) is 74.2 Å². The second kappa shape index (κ2) is 11.1. The number of esters is 1. The normalized spacial score (nSPS) is 13.8. The largest absolute Gasteiger partial charge is 0.464 e. The fourth-order valence-corrected chi connectivity index (χ4v) is 2.27. The van der Waals surface area contributed by atoms with Gasteiger partial charge in [-0.3, -0.25) is 0 Å². The summed E-state index contributed by atoms with van der Waals surface area (Å²) < 4.78 is 20.8. The molecule has 6 nitrogen and oxygen atoms in total.